The van der Waals surface area contributed by atoms with Gasteiger partial charge in [0, 0.05) is 0 Å². The molecule has 0 aromatic heterocycles. The molecule has 0 spiro atoms. The SMILES string of the molecule is C1=Cc2cc3c(cc2CC1)C=CCC3.c1ccc2cc3c(cc2c1)CCCC3. The number of hydrogen-bond acceptors (Lipinski definition) is 0. The highest BCUT2D eigenvalue weighted by Crippen LogP contribution is 2.28. The minimum atomic E-state index is 1.20. The molecule has 0 amide bonds. The Balaban J connectivity index is 0.000000122. The summed E-state index contributed by atoms with van der Waals surface area (Å²) < 4.78 is 0. The molecule has 0 nitrogen and oxygen atoms in total. The largest absolute Gasteiger partial charge is 0.0836 e. The number of hydrogen-bond donors (Lipinski definition) is 0. The lowest BCUT2D eigenvalue weighted by Gasteiger charge is -2.17. The molecule has 140 valence electrons. The van der Waals surface area contributed by atoms with Gasteiger partial charge in [-0.3, -0.25) is 0 Å². The number of fused-ring (bicyclic) bond motifs is 4. The van der Waals surface area contributed by atoms with E-state index in [4.69, 9.17) is 0 Å². The fourth-order valence-electron chi connectivity index (χ4n) is 4.80. The number of allylic oxidation sites excluding steroid dienone is 2. The highest BCUT2D eigenvalue weighted by atomic mass is 14.2. The highest BCUT2D eigenvalue weighted by Gasteiger charge is 2.11. The van der Waals surface area contributed by atoms with Crippen LogP contribution in [-0.4, -0.2) is 0 Å². The van der Waals surface area contributed by atoms with E-state index < -0.39 is 0 Å². The zero-order chi connectivity index (χ0) is 18.8. The van der Waals surface area contributed by atoms with E-state index >= 15 is 0 Å². The first kappa shape index (κ1) is 17.5. The Morgan fingerprint density at radius 1 is 0.500 bits per heavy atom. The summed E-state index contributed by atoms with van der Waals surface area (Å²) in [6.07, 6.45) is 19.2. The molecule has 0 N–H and O–H groups in total. The number of benzene rings is 3. The zero-order valence-electron chi connectivity index (χ0n) is 16.6. The Kier molecular flexibility index (Phi) is 4.87. The van der Waals surface area contributed by atoms with Gasteiger partial charge in [0.1, 0.15) is 0 Å². The summed E-state index contributed by atoms with van der Waals surface area (Å²) in [5.41, 5.74) is 9.11. The van der Waals surface area contributed by atoms with Crippen LogP contribution in [0, 0.1) is 0 Å². The van der Waals surface area contributed by atoms with Gasteiger partial charge in [0.05, 0.1) is 0 Å². The fraction of sp³-hybridized carbons (Fsp3) is 0.286. The average molecular weight is 365 g/mol. The van der Waals surface area contributed by atoms with Crippen molar-refractivity contribution in [3.8, 4) is 0 Å². The van der Waals surface area contributed by atoms with Gasteiger partial charge in [-0.2, -0.15) is 0 Å². The van der Waals surface area contributed by atoms with Crippen molar-refractivity contribution < 1.29 is 0 Å². The van der Waals surface area contributed by atoms with E-state index in [1.807, 2.05) is 0 Å². The number of rotatable bonds is 0. The minimum absolute atomic E-state index is 1.20. The van der Waals surface area contributed by atoms with Gasteiger partial charge >= 0.3 is 0 Å². The van der Waals surface area contributed by atoms with Gasteiger partial charge in [-0.1, -0.05) is 72.8 Å². The van der Waals surface area contributed by atoms with Gasteiger partial charge < -0.3 is 0 Å². The van der Waals surface area contributed by atoms with Crippen LogP contribution in [0.2, 0.25) is 0 Å². The van der Waals surface area contributed by atoms with Gasteiger partial charge in [-0.15, -0.1) is 0 Å². The summed E-state index contributed by atoms with van der Waals surface area (Å²) >= 11 is 0. The van der Waals surface area contributed by atoms with Crippen LogP contribution in [-0.2, 0) is 25.7 Å². The van der Waals surface area contributed by atoms with Crippen LogP contribution in [0.3, 0.4) is 0 Å². The first-order chi connectivity index (χ1) is 13.9. The molecule has 0 fully saturated rings. The molecule has 3 aromatic rings. The summed E-state index contributed by atoms with van der Waals surface area (Å²) in [6, 6.07) is 18.2. The first-order valence-corrected chi connectivity index (χ1v) is 10.9. The minimum Gasteiger partial charge on any atom is -0.0836 e. The molecule has 0 saturated carbocycles. The molecule has 0 bridgehead atoms. The smallest absolute Gasteiger partial charge is 0.0181 e. The summed E-state index contributed by atoms with van der Waals surface area (Å²) in [5.74, 6) is 0. The summed E-state index contributed by atoms with van der Waals surface area (Å²) in [7, 11) is 0. The van der Waals surface area contributed by atoms with Gasteiger partial charge in [0.2, 0.25) is 0 Å². The van der Waals surface area contributed by atoms with Crippen molar-refractivity contribution in [1.82, 2.24) is 0 Å². The van der Waals surface area contributed by atoms with Crippen molar-refractivity contribution >= 4 is 22.9 Å². The van der Waals surface area contributed by atoms with Crippen molar-refractivity contribution in [3.63, 3.8) is 0 Å². The van der Waals surface area contributed by atoms with E-state index in [1.54, 1.807) is 11.1 Å². The molecule has 0 heteroatoms. The Morgan fingerprint density at radius 2 is 1.00 bits per heavy atom. The second kappa shape index (κ2) is 7.80. The molecule has 0 aliphatic heterocycles. The zero-order valence-corrected chi connectivity index (χ0v) is 16.6. The van der Waals surface area contributed by atoms with Crippen LogP contribution in [0.4, 0.5) is 0 Å². The van der Waals surface area contributed by atoms with Crippen LogP contribution >= 0.6 is 0 Å². The van der Waals surface area contributed by atoms with E-state index in [2.05, 4.69) is 72.8 Å². The monoisotopic (exact) mass is 364 g/mol. The molecule has 28 heavy (non-hydrogen) atoms. The van der Waals surface area contributed by atoms with Crippen LogP contribution in [0.1, 0.15) is 59.1 Å². The summed E-state index contributed by atoms with van der Waals surface area (Å²) in [5, 5.41) is 2.79. The normalized spacial score (nSPS) is 16.6. The second-order valence-corrected chi connectivity index (χ2v) is 8.31. The third-order valence-electron chi connectivity index (χ3n) is 6.37. The van der Waals surface area contributed by atoms with Crippen LogP contribution in [0.15, 0.2) is 60.7 Å². The molecule has 3 aromatic carbocycles. The first-order valence-electron chi connectivity index (χ1n) is 10.9. The number of aryl methyl sites for hydroxylation is 4. The molecule has 0 atom stereocenters. The fourth-order valence-corrected chi connectivity index (χ4v) is 4.80. The van der Waals surface area contributed by atoms with Crippen molar-refractivity contribution in [3.05, 3.63) is 94.1 Å². The van der Waals surface area contributed by atoms with Gasteiger partial charge in [-0.05, 0) is 95.5 Å². The van der Waals surface area contributed by atoms with Crippen molar-refractivity contribution in [2.75, 3.05) is 0 Å². The quantitative estimate of drug-likeness (QED) is 0.392. The van der Waals surface area contributed by atoms with Gasteiger partial charge in [0.15, 0.2) is 0 Å². The highest BCUT2D eigenvalue weighted by molar-refractivity contribution is 5.84. The maximum atomic E-state index is 2.38. The van der Waals surface area contributed by atoms with Crippen molar-refractivity contribution in [1.29, 1.82) is 0 Å². The topological polar surface area (TPSA) is 0 Å². The molecule has 3 aliphatic rings. The molecule has 0 unspecified atom stereocenters. The maximum Gasteiger partial charge on any atom is -0.0181 e. The Labute approximate surface area is 168 Å². The van der Waals surface area contributed by atoms with E-state index in [-0.39, 0.29) is 0 Å². The van der Waals surface area contributed by atoms with E-state index in [1.165, 1.54) is 84.4 Å². The van der Waals surface area contributed by atoms with Crippen molar-refractivity contribution in [2.24, 2.45) is 0 Å². The lowest BCUT2D eigenvalue weighted by molar-refractivity contribution is 0.687. The lowest BCUT2D eigenvalue weighted by Crippen LogP contribution is -2.01. The predicted octanol–water partition coefficient (Wildman–Crippen LogP) is 7.32. The maximum absolute atomic E-state index is 2.38. The third kappa shape index (κ3) is 3.56. The molecule has 0 radical (unpaired) electrons. The van der Waals surface area contributed by atoms with Gasteiger partial charge in [-0.25, -0.2) is 0 Å². The standard InChI is InChI=1S/2C14H14/c2*1-2-6-12-10-14-8-4-3-7-13(14)9-11(12)5-1/h1,4-5,8-10H,2-3,6-7H2;1-2,5-6,9-10H,3-4,7-8H2. The van der Waals surface area contributed by atoms with E-state index in [9.17, 15) is 0 Å². The molecule has 3 aliphatic carbocycles. The Bertz CT molecular complexity index is 979. The van der Waals surface area contributed by atoms with Crippen LogP contribution in [0.5, 0.6) is 0 Å². The van der Waals surface area contributed by atoms with Crippen LogP contribution < -0.4 is 0 Å². The van der Waals surface area contributed by atoms with E-state index in [0.717, 1.165) is 0 Å². The summed E-state index contributed by atoms with van der Waals surface area (Å²) in [4.78, 5) is 0. The van der Waals surface area contributed by atoms with E-state index in [0.29, 0.717) is 0 Å². The Hall–Kier alpha value is -2.60. The molecule has 0 saturated heterocycles. The molecule has 6 rings (SSSR count). The van der Waals surface area contributed by atoms with Gasteiger partial charge in [0.25, 0.3) is 0 Å². The molecular weight excluding hydrogens is 336 g/mol. The molecule has 0 heterocycles. The summed E-state index contributed by atoms with van der Waals surface area (Å²) in [6.45, 7) is 0. The molecular formula is C28H28. The average Bonchev–Trinajstić information content (AvgIpc) is 2.76. The van der Waals surface area contributed by atoms with Crippen LogP contribution in [0.25, 0.3) is 22.9 Å². The Morgan fingerprint density at radius 3 is 1.50 bits per heavy atom. The second-order valence-electron chi connectivity index (χ2n) is 8.31. The predicted molar refractivity (Wildman–Crippen MR) is 122 cm³/mol. The lowest BCUT2D eigenvalue weighted by atomic mass is 9.88. The third-order valence-corrected chi connectivity index (χ3v) is 6.37. The van der Waals surface area contributed by atoms with Crippen molar-refractivity contribution in [2.45, 2.75) is 51.4 Å².